The van der Waals surface area contributed by atoms with E-state index in [-0.39, 0.29) is 17.4 Å². The fourth-order valence-corrected chi connectivity index (χ4v) is 2.52. The van der Waals surface area contributed by atoms with Gasteiger partial charge in [-0.3, -0.25) is 4.79 Å². The molecule has 0 aliphatic carbocycles. The van der Waals surface area contributed by atoms with E-state index < -0.39 is 0 Å². The predicted octanol–water partition coefficient (Wildman–Crippen LogP) is 1.61. The largest absolute Gasteiger partial charge is 0.353 e. The van der Waals surface area contributed by atoms with Crippen LogP contribution < -0.4 is 10.6 Å². The molecule has 1 heterocycles. The molecule has 1 aliphatic rings. The van der Waals surface area contributed by atoms with Crippen LogP contribution in [0.2, 0.25) is 0 Å². The average Bonchev–Trinajstić information content (AvgIpc) is 2.74. The van der Waals surface area contributed by atoms with E-state index in [0.717, 1.165) is 25.9 Å². The van der Waals surface area contributed by atoms with Crippen LogP contribution in [0, 0.1) is 5.41 Å². The zero-order valence-corrected chi connectivity index (χ0v) is 13.3. The Hall–Kier alpha value is -0.610. The second-order valence-electron chi connectivity index (χ2n) is 7.08. The maximum atomic E-state index is 12.1. The van der Waals surface area contributed by atoms with Crippen LogP contribution in [0.1, 0.15) is 46.5 Å². The molecule has 2 N–H and O–H groups in total. The van der Waals surface area contributed by atoms with Gasteiger partial charge in [0.25, 0.3) is 0 Å². The normalized spacial score (nSPS) is 21.7. The van der Waals surface area contributed by atoms with Crippen molar-refractivity contribution in [3.05, 3.63) is 0 Å². The molecule has 112 valence electrons. The monoisotopic (exact) mass is 269 g/mol. The number of nitrogens with one attached hydrogen (secondary N) is 2. The van der Waals surface area contributed by atoms with Crippen LogP contribution in [0.4, 0.5) is 0 Å². The molecular formula is C15H31N3O. The summed E-state index contributed by atoms with van der Waals surface area (Å²) >= 11 is 0. The highest BCUT2D eigenvalue weighted by atomic mass is 16.1. The third kappa shape index (κ3) is 6.39. The van der Waals surface area contributed by atoms with Gasteiger partial charge in [0, 0.05) is 18.5 Å². The molecule has 1 saturated heterocycles. The number of carbonyl (C=O) groups is 1. The fourth-order valence-electron chi connectivity index (χ4n) is 2.52. The Kier molecular flexibility index (Phi) is 6.27. The van der Waals surface area contributed by atoms with Crippen molar-refractivity contribution in [2.45, 2.75) is 58.5 Å². The lowest BCUT2D eigenvalue weighted by Crippen LogP contribution is -2.46. The third-order valence-corrected chi connectivity index (χ3v) is 3.84. The molecule has 2 unspecified atom stereocenters. The number of carbonyl (C=O) groups excluding carboxylic acids is 1. The van der Waals surface area contributed by atoms with Crippen molar-refractivity contribution >= 4 is 5.91 Å². The Morgan fingerprint density at radius 1 is 1.42 bits per heavy atom. The predicted molar refractivity (Wildman–Crippen MR) is 80.2 cm³/mol. The van der Waals surface area contributed by atoms with Crippen LogP contribution in [-0.2, 0) is 4.79 Å². The number of amides is 1. The van der Waals surface area contributed by atoms with Gasteiger partial charge in [-0.25, -0.2) is 0 Å². The summed E-state index contributed by atoms with van der Waals surface area (Å²) in [5.41, 5.74) is 0.106. The second kappa shape index (κ2) is 7.25. The number of nitrogens with zero attached hydrogens (tertiary/aromatic N) is 1. The first-order chi connectivity index (χ1) is 8.79. The Morgan fingerprint density at radius 2 is 2.11 bits per heavy atom. The Morgan fingerprint density at radius 3 is 2.58 bits per heavy atom. The van der Waals surface area contributed by atoms with E-state index in [0.29, 0.717) is 12.5 Å². The lowest BCUT2D eigenvalue weighted by atomic mass is 9.84. The fraction of sp³-hybridized carbons (Fsp3) is 0.933. The van der Waals surface area contributed by atoms with Gasteiger partial charge in [-0.1, -0.05) is 20.8 Å². The van der Waals surface area contributed by atoms with Crippen LogP contribution in [0.3, 0.4) is 0 Å². The molecule has 1 amide bonds. The van der Waals surface area contributed by atoms with Gasteiger partial charge in [0.1, 0.15) is 0 Å². The minimum Gasteiger partial charge on any atom is -0.353 e. The summed E-state index contributed by atoms with van der Waals surface area (Å²) in [6.45, 7) is 8.65. The summed E-state index contributed by atoms with van der Waals surface area (Å²) in [7, 11) is 4.15. The molecule has 19 heavy (non-hydrogen) atoms. The first-order valence-electron chi connectivity index (χ1n) is 7.46. The molecule has 0 aromatic rings. The molecule has 1 rings (SSSR count). The SMILES string of the molecule is CN(C)CCC(NC(=O)CC1CCCN1)C(C)(C)C. The topological polar surface area (TPSA) is 44.4 Å². The molecule has 4 nitrogen and oxygen atoms in total. The maximum absolute atomic E-state index is 12.1. The van der Waals surface area contributed by atoms with Gasteiger partial charge in [-0.05, 0) is 51.9 Å². The molecule has 0 radical (unpaired) electrons. The summed E-state index contributed by atoms with van der Waals surface area (Å²) in [6.07, 6.45) is 3.95. The standard InChI is InChI=1S/C15H31N3O/c1-15(2,3)13(8-10-18(4)5)17-14(19)11-12-7-6-9-16-12/h12-13,16H,6-11H2,1-5H3,(H,17,19). The number of rotatable bonds is 6. The molecule has 0 aromatic heterocycles. The molecule has 0 aromatic carbocycles. The molecule has 0 saturated carbocycles. The van der Waals surface area contributed by atoms with Gasteiger partial charge in [-0.15, -0.1) is 0 Å². The maximum Gasteiger partial charge on any atom is 0.221 e. The van der Waals surface area contributed by atoms with Crippen LogP contribution in [0.25, 0.3) is 0 Å². The Bertz CT molecular complexity index is 278. The summed E-state index contributed by atoms with van der Waals surface area (Å²) in [4.78, 5) is 14.3. The van der Waals surface area contributed by atoms with Gasteiger partial charge in [-0.2, -0.15) is 0 Å². The van der Waals surface area contributed by atoms with E-state index in [9.17, 15) is 4.79 Å². The molecule has 1 fully saturated rings. The average molecular weight is 269 g/mol. The summed E-state index contributed by atoms with van der Waals surface area (Å²) < 4.78 is 0. The summed E-state index contributed by atoms with van der Waals surface area (Å²) in [5, 5.41) is 6.61. The van der Waals surface area contributed by atoms with E-state index in [4.69, 9.17) is 0 Å². The number of hydrogen-bond donors (Lipinski definition) is 2. The van der Waals surface area contributed by atoms with Crippen molar-refractivity contribution < 1.29 is 4.79 Å². The second-order valence-corrected chi connectivity index (χ2v) is 7.08. The zero-order chi connectivity index (χ0) is 14.5. The third-order valence-electron chi connectivity index (χ3n) is 3.84. The van der Waals surface area contributed by atoms with Crippen LogP contribution in [-0.4, -0.2) is 50.1 Å². The lowest BCUT2D eigenvalue weighted by Gasteiger charge is -2.32. The van der Waals surface area contributed by atoms with E-state index in [1.807, 2.05) is 0 Å². The first-order valence-corrected chi connectivity index (χ1v) is 7.46. The first kappa shape index (κ1) is 16.4. The number of hydrogen-bond acceptors (Lipinski definition) is 3. The van der Waals surface area contributed by atoms with Crippen molar-refractivity contribution in [3.8, 4) is 0 Å². The highest BCUT2D eigenvalue weighted by molar-refractivity contribution is 5.77. The van der Waals surface area contributed by atoms with Crippen LogP contribution in [0.5, 0.6) is 0 Å². The molecule has 0 bridgehead atoms. The van der Waals surface area contributed by atoms with Crippen molar-refractivity contribution in [1.82, 2.24) is 15.5 Å². The molecular weight excluding hydrogens is 238 g/mol. The highest BCUT2D eigenvalue weighted by Gasteiger charge is 2.27. The smallest absolute Gasteiger partial charge is 0.221 e. The van der Waals surface area contributed by atoms with Crippen LogP contribution >= 0.6 is 0 Å². The Balaban J connectivity index is 2.43. The Labute approximate surface area is 118 Å². The van der Waals surface area contributed by atoms with E-state index >= 15 is 0 Å². The van der Waals surface area contributed by atoms with E-state index in [2.05, 4.69) is 50.4 Å². The molecule has 1 aliphatic heterocycles. The highest BCUT2D eigenvalue weighted by Crippen LogP contribution is 2.22. The van der Waals surface area contributed by atoms with Gasteiger partial charge < -0.3 is 15.5 Å². The van der Waals surface area contributed by atoms with Crippen molar-refractivity contribution in [2.24, 2.45) is 5.41 Å². The molecule has 4 heteroatoms. The van der Waals surface area contributed by atoms with Gasteiger partial charge in [0.2, 0.25) is 5.91 Å². The van der Waals surface area contributed by atoms with Crippen molar-refractivity contribution in [3.63, 3.8) is 0 Å². The van der Waals surface area contributed by atoms with Crippen molar-refractivity contribution in [2.75, 3.05) is 27.2 Å². The van der Waals surface area contributed by atoms with Crippen molar-refractivity contribution in [1.29, 1.82) is 0 Å². The van der Waals surface area contributed by atoms with Gasteiger partial charge in [0.15, 0.2) is 0 Å². The summed E-state index contributed by atoms with van der Waals surface area (Å²) in [5.74, 6) is 0.193. The molecule has 2 atom stereocenters. The lowest BCUT2D eigenvalue weighted by molar-refractivity contribution is -0.123. The summed E-state index contributed by atoms with van der Waals surface area (Å²) in [6, 6.07) is 0.623. The quantitative estimate of drug-likeness (QED) is 0.770. The molecule has 0 spiro atoms. The van der Waals surface area contributed by atoms with Crippen LogP contribution in [0.15, 0.2) is 0 Å². The minimum absolute atomic E-state index is 0.106. The van der Waals surface area contributed by atoms with Gasteiger partial charge in [0.05, 0.1) is 0 Å². The van der Waals surface area contributed by atoms with E-state index in [1.165, 1.54) is 6.42 Å². The van der Waals surface area contributed by atoms with Gasteiger partial charge >= 0.3 is 0 Å². The minimum atomic E-state index is 0.106. The van der Waals surface area contributed by atoms with E-state index in [1.54, 1.807) is 0 Å². The zero-order valence-electron chi connectivity index (χ0n) is 13.3.